The van der Waals surface area contributed by atoms with Crippen molar-refractivity contribution in [1.29, 1.82) is 0 Å². The van der Waals surface area contributed by atoms with E-state index >= 15 is 0 Å². The minimum absolute atomic E-state index is 0.248. The number of aliphatic carboxylic acids is 1. The van der Waals surface area contributed by atoms with Gasteiger partial charge in [-0.3, -0.25) is 4.79 Å². The maximum Gasteiger partial charge on any atom is 0.300 e. The van der Waals surface area contributed by atoms with Crippen molar-refractivity contribution in [2.45, 2.75) is 59.0 Å². The molecular weight excluding hydrogens is 208 g/mol. The molecule has 0 aromatic rings. The van der Waals surface area contributed by atoms with E-state index in [0.717, 1.165) is 19.8 Å². The number of hydrogen-bond acceptors (Lipinski definition) is 3. The SMILES string of the molecule is CC(=O)O.CCCCCCC(O)COCC. The van der Waals surface area contributed by atoms with E-state index in [0.29, 0.717) is 13.2 Å². The number of carboxylic acid groups (broad SMARTS) is 1. The third kappa shape index (κ3) is 23.3. The average molecular weight is 234 g/mol. The molecule has 0 aliphatic carbocycles. The van der Waals surface area contributed by atoms with Gasteiger partial charge in [-0.15, -0.1) is 0 Å². The fourth-order valence-electron chi connectivity index (χ4n) is 1.14. The summed E-state index contributed by atoms with van der Waals surface area (Å²) in [4.78, 5) is 9.00. The molecule has 4 heteroatoms. The number of aliphatic hydroxyl groups excluding tert-OH is 1. The van der Waals surface area contributed by atoms with Crippen LogP contribution in [0, 0.1) is 0 Å². The van der Waals surface area contributed by atoms with Crippen LogP contribution in [-0.2, 0) is 9.53 Å². The molecule has 0 spiro atoms. The number of carbonyl (C=O) groups is 1. The van der Waals surface area contributed by atoms with Crippen LogP contribution in [0.1, 0.15) is 52.9 Å². The molecule has 0 aliphatic rings. The van der Waals surface area contributed by atoms with Gasteiger partial charge in [0.05, 0.1) is 12.7 Å². The lowest BCUT2D eigenvalue weighted by Crippen LogP contribution is -2.14. The van der Waals surface area contributed by atoms with Crippen molar-refractivity contribution < 1.29 is 19.7 Å². The quantitative estimate of drug-likeness (QED) is 0.633. The second kappa shape index (κ2) is 14.4. The Bertz CT molecular complexity index is 144. The van der Waals surface area contributed by atoms with E-state index in [4.69, 9.17) is 14.6 Å². The van der Waals surface area contributed by atoms with Crippen molar-refractivity contribution in [3.63, 3.8) is 0 Å². The first-order valence-electron chi connectivity index (χ1n) is 5.99. The lowest BCUT2D eigenvalue weighted by molar-refractivity contribution is -0.134. The number of carboxylic acids is 1. The molecule has 2 N–H and O–H groups in total. The predicted octanol–water partition coefficient (Wildman–Crippen LogP) is 2.45. The van der Waals surface area contributed by atoms with Gasteiger partial charge >= 0.3 is 0 Å². The third-order valence-corrected chi connectivity index (χ3v) is 1.91. The van der Waals surface area contributed by atoms with Crippen molar-refractivity contribution in [1.82, 2.24) is 0 Å². The van der Waals surface area contributed by atoms with Gasteiger partial charge < -0.3 is 14.9 Å². The molecule has 16 heavy (non-hydrogen) atoms. The smallest absolute Gasteiger partial charge is 0.300 e. The second-order valence-corrected chi connectivity index (χ2v) is 3.68. The van der Waals surface area contributed by atoms with Crippen LogP contribution in [0.2, 0.25) is 0 Å². The monoisotopic (exact) mass is 234 g/mol. The summed E-state index contributed by atoms with van der Waals surface area (Å²) in [5, 5.41) is 16.8. The predicted molar refractivity (Wildman–Crippen MR) is 64.6 cm³/mol. The molecule has 0 aliphatic heterocycles. The molecule has 0 saturated heterocycles. The zero-order valence-corrected chi connectivity index (χ0v) is 10.7. The number of rotatable bonds is 8. The number of aliphatic hydroxyl groups is 1. The van der Waals surface area contributed by atoms with Gasteiger partial charge in [0.25, 0.3) is 5.97 Å². The second-order valence-electron chi connectivity index (χ2n) is 3.68. The van der Waals surface area contributed by atoms with E-state index in [1.807, 2.05) is 6.92 Å². The topological polar surface area (TPSA) is 66.8 Å². The maximum atomic E-state index is 9.35. The molecule has 0 saturated carbocycles. The lowest BCUT2D eigenvalue weighted by atomic mass is 10.1. The fourth-order valence-corrected chi connectivity index (χ4v) is 1.14. The van der Waals surface area contributed by atoms with Crippen molar-refractivity contribution in [2.75, 3.05) is 13.2 Å². The van der Waals surface area contributed by atoms with Gasteiger partial charge in [0.2, 0.25) is 0 Å². The summed E-state index contributed by atoms with van der Waals surface area (Å²) in [5.74, 6) is -0.833. The summed E-state index contributed by atoms with van der Waals surface area (Å²) in [6.45, 7) is 6.43. The molecule has 0 rings (SSSR count). The zero-order valence-electron chi connectivity index (χ0n) is 10.7. The van der Waals surface area contributed by atoms with Crippen LogP contribution in [0.25, 0.3) is 0 Å². The highest BCUT2D eigenvalue weighted by molar-refractivity contribution is 5.62. The molecule has 0 bridgehead atoms. The van der Waals surface area contributed by atoms with E-state index in [2.05, 4.69) is 6.92 Å². The Balaban J connectivity index is 0. The minimum Gasteiger partial charge on any atom is -0.481 e. The van der Waals surface area contributed by atoms with E-state index in [1.54, 1.807) is 0 Å². The minimum atomic E-state index is -0.833. The highest BCUT2D eigenvalue weighted by Gasteiger charge is 2.02. The number of unbranched alkanes of at least 4 members (excludes halogenated alkanes) is 3. The van der Waals surface area contributed by atoms with Gasteiger partial charge in [-0.1, -0.05) is 32.6 Å². The molecule has 1 atom stereocenters. The first kappa shape index (κ1) is 17.8. The Morgan fingerprint density at radius 1 is 1.25 bits per heavy atom. The number of hydrogen-bond donors (Lipinski definition) is 2. The fraction of sp³-hybridized carbons (Fsp3) is 0.917. The van der Waals surface area contributed by atoms with E-state index in [-0.39, 0.29) is 6.10 Å². The first-order valence-corrected chi connectivity index (χ1v) is 5.99. The van der Waals surface area contributed by atoms with Gasteiger partial charge in [0.15, 0.2) is 0 Å². The summed E-state index contributed by atoms with van der Waals surface area (Å²) in [6.07, 6.45) is 5.53. The average Bonchev–Trinajstić information content (AvgIpc) is 2.20. The van der Waals surface area contributed by atoms with Crippen LogP contribution in [-0.4, -0.2) is 35.5 Å². The highest BCUT2D eigenvalue weighted by Crippen LogP contribution is 2.05. The standard InChI is InChI=1S/C10H22O2.C2H4O2/c1-3-5-6-7-8-10(11)9-12-4-2;1-2(3)4/h10-11H,3-9H2,1-2H3;1H3,(H,3,4). The van der Waals surface area contributed by atoms with Crippen molar-refractivity contribution >= 4 is 5.97 Å². The summed E-state index contributed by atoms with van der Waals surface area (Å²) in [7, 11) is 0. The largest absolute Gasteiger partial charge is 0.481 e. The summed E-state index contributed by atoms with van der Waals surface area (Å²) < 4.78 is 5.10. The zero-order chi connectivity index (χ0) is 12.8. The van der Waals surface area contributed by atoms with Crippen LogP contribution in [0.4, 0.5) is 0 Å². The molecule has 0 fully saturated rings. The van der Waals surface area contributed by atoms with Gasteiger partial charge in [-0.2, -0.15) is 0 Å². The van der Waals surface area contributed by atoms with Crippen molar-refractivity contribution in [3.8, 4) is 0 Å². The molecule has 0 heterocycles. The Labute approximate surface area is 98.6 Å². The van der Waals surface area contributed by atoms with Crippen LogP contribution >= 0.6 is 0 Å². The molecule has 0 aromatic carbocycles. The van der Waals surface area contributed by atoms with Crippen LogP contribution in [0.5, 0.6) is 0 Å². The summed E-state index contributed by atoms with van der Waals surface area (Å²) in [6, 6.07) is 0. The first-order chi connectivity index (χ1) is 7.54. The van der Waals surface area contributed by atoms with E-state index in [1.165, 1.54) is 19.3 Å². The van der Waals surface area contributed by atoms with Crippen molar-refractivity contribution in [2.24, 2.45) is 0 Å². The molecule has 0 aromatic heterocycles. The Morgan fingerprint density at radius 2 is 1.81 bits per heavy atom. The Morgan fingerprint density at radius 3 is 2.25 bits per heavy atom. The van der Waals surface area contributed by atoms with Crippen LogP contribution in [0.3, 0.4) is 0 Å². The molecule has 1 unspecified atom stereocenters. The summed E-state index contributed by atoms with van der Waals surface area (Å²) >= 11 is 0. The highest BCUT2D eigenvalue weighted by atomic mass is 16.5. The normalized spacial score (nSPS) is 11.5. The molecule has 0 radical (unpaired) electrons. The van der Waals surface area contributed by atoms with Gasteiger partial charge in [-0.05, 0) is 13.3 Å². The Kier molecular flexibility index (Phi) is 16.0. The van der Waals surface area contributed by atoms with Gasteiger partial charge in [0, 0.05) is 13.5 Å². The molecule has 4 nitrogen and oxygen atoms in total. The van der Waals surface area contributed by atoms with Gasteiger partial charge in [0.1, 0.15) is 0 Å². The van der Waals surface area contributed by atoms with Crippen molar-refractivity contribution in [3.05, 3.63) is 0 Å². The molecule has 0 amide bonds. The maximum absolute atomic E-state index is 9.35. The van der Waals surface area contributed by atoms with E-state index in [9.17, 15) is 5.11 Å². The van der Waals surface area contributed by atoms with Gasteiger partial charge in [-0.25, -0.2) is 0 Å². The molecule has 98 valence electrons. The Hall–Kier alpha value is -0.610. The van der Waals surface area contributed by atoms with Crippen LogP contribution < -0.4 is 0 Å². The van der Waals surface area contributed by atoms with Crippen LogP contribution in [0.15, 0.2) is 0 Å². The number of ether oxygens (including phenoxy) is 1. The molecular formula is C12H26O4. The third-order valence-electron chi connectivity index (χ3n) is 1.91. The van der Waals surface area contributed by atoms with E-state index < -0.39 is 5.97 Å². The lowest BCUT2D eigenvalue weighted by Gasteiger charge is -2.09. The summed E-state index contributed by atoms with van der Waals surface area (Å²) in [5.41, 5.74) is 0.